The number of aromatic nitrogens is 1. The van der Waals surface area contributed by atoms with Crippen molar-refractivity contribution < 1.29 is 18.7 Å². The summed E-state index contributed by atoms with van der Waals surface area (Å²) in [6.45, 7) is 0.939. The monoisotopic (exact) mass is 520 g/mol. The van der Waals surface area contributed by atoms with Crippen molar-refractivity contribution in [3.63, 3.8) is 0 Å². The number of nitrogen functional groups attached to an aromatic ring is 1. The first-order valence-electron chi connectivity index (χ1n) is 12.0. The minimum Gasteiger partial charge on any atom is -0.484 e. The summed E-state index contributed by atoms with van der Waals surface area (Å²) < 4.78 is 19.4. The second-order valence-corrected chi connectivity index (χ2v) is 9.60. The minimum absolute atomic E-state index is 0.151. The molecule has 1 aromatic heterocycles. The molecule has 5 rings (SSSR count). The third-order valence-corrected chi connectivity index (χ3v) is 6.75. The second-order valence-electron chi connectivity index (χ2n) is 9.19. The predicted molar refractivity (Wildman–Crippen MR) is 140 cm³/mol. The highest BCUT2D eigenvalue weighted by Gasteiger charge is 2.27. The Morgan fingerprint density at radius 3 is 2.70 bits per heavy atom. The van der Waals surface area contributed by atoms with E-state index in [1.54, 1.807) is 35.4 Å². The number of alkyl halides is 1. The van der Waals surface area contributed by atoms with Crippen molar-refractivity contribution in [1.82, 2.24) is 15.2 Å². The Hall–Kier alpha value is -3.91. The fourth-order valence-electron chi connectivity index (χ4n) is 4.49. The Morgan fingerprint density at radius 2 is 2.00 bits per heavy atom. The highest BCUT2D eigenvalue weighted by molar-refractivity contribution is 6.32. The van der Waals surface area contributed by atoms with Crippen LogP contribution in [-0.4, -0.2) is 47.1 Å². The molecule has 1 saturated heterocycles. The van der Waals surface area contributed by atoms with E-state index in [2.05, 4.69) is 10.3 Å². The number of carbonyl (C=O) groups is 2. The molecule has 2 unspecified atom stereocenters. The van der Waals surface area contributed by atoms with E-state index < -0.39 is 6.17 Å². The first-order chi connectivity index (χ1) is 17.9. The molecule has 0 radical (unpaired) electrons. The number of fused-ring (bicyclic) bond motifs is 1. The molecule has 9 heteroatoms. The van der Waals surface area contributed by atoms with Crippen LogP contribution in [0.3, 0.4) is 0 Å². The van der Waals surface area contributed by atoms with Gasteiger partial charge in [0, 0.05) is 42.9 Å². The van der Waals surface area contributed by atoms with Crippen molar-refractivity contribution in [3.8, 4) is 16.9 Å². The summed E-state index contributed by atoms with van der Waals surface area (Å²) in [6.07, 6.45) is 4.50. The molecule has 2 aliphatic heterocycles. The lowest BCUT2D eigenvalue weighted by Crippen LogP contribution is -2.28. The van der Waals surface area contributed by atoms with Crippen LogP contribution in [0.1, 0.15) is 27.9 Å². The van der Waals surface area contributed by atoms with Crippen molar-refractivity contribution in [2.24, 2.45) is 0 Å². The number of halogens is 2. The van der Waals surface area contributed by atoms with Crippen molar-refractivity contribution in [3.05, 3.63) is 88.6 Å². The van der Waals surface area contributed by atoms with Crippen LogP contribution in [0.15, 0.2) is 66.9 Å². The molecular weight excluding hydrogens is 495 g/mol. The number of nitrogens with two attached hydrogens (primary N) is 1. The topological polar surface area (TPSA) is 97.5 Å². The van der Waals surface area contributed by atoms with E-state index >= 15 is 0 Å². The molecule has 190 valence electrons. The summed E-state index contributed by atoms with van der Waals surface area (Å²) in [4.78, 5) is 30.4. The van der Waals surface area contributed by atoms with Gasteiger partial charge in [-0.1, -0.05) is 29.8 Å². The molecule has 7 nitrogen and oxygen atoms in total. The lowest BCUT2D eigenvalue weighted by Gasteiger charge is -2.15. The summed E-state index contributed by atoms with van der Waals surface area (Å²) in [5.41, 5.74) is 9.70. The summed E-state index contributed by atoms with van der Waals surface area (Å²) in [6, 6.07) is 14.6. The van der Waals surface area contributed by atoms with Gasteiger partial charge in [0.15, 0.2) is 0 Å². The number of ether oxygens (including phenoxy) is 1. The first kappa shape index (κ1) is 24.8. The van der Waals surface area contributed by atoms with Gasteiger partial charge in [0.05, 0.1) is 11.6 Å². The minimum atomic E-state index is -0.945. The highest BCUT2D eigenvalue weighted by Crippen LogP contribution is 2.40. The van der Waals surface area contributed by atoms with Gasteiger partial charge in [-0.25, -0.2) is 9.37 Å². The van der Waals surface area contributed by atoms with Gasteiger partial charge >= 0.3 is 0 Å². The fourth-order valence-corrected chi connectivity index (χ4v) is 4.77. The highest BCUT2D eigenvalue weighted by atomic mass is 35.5. The number of amides is 2. The number of benzene rings is 2. The molecule has 0 spiro atoms. The number of anilines is 1. The van der Waals surface area contributed by atoms with Crippen molar-refractivity contribution in [2.45, 2.75) is 31.7 Å². The largest absolute Gasteiger partial charge is 0.484 e. The van der Waals surface area contributed by atoms with E-state index in [9.17, 15) is 14.0 Å². The maximum atomic E-state index is 13.5. The molecular formula is C28H26ClFN4O3. The Morgan fingerprint density at radius 1 is 1.19 bits per heavy atom. The number of likely N-dealkylation sites (tertiary alicyclic amines) is 1. The number of nitrogens with zero attached hydrogens (tertiary/aromatic N) is 2. The molecule has 2 aliphatic rings. The zero-order valence-electron chi connectivity index (χ0n) is 20.0. The van der Waals surface area contributed by atoms with Gasteiger partial charge in [-0.2, -0.15) is 0 Å². The lowest BCUT2D eigenvalue weighted by molar-refractivity contribution is -0.116. The average Bonchev–Trinajstić information content (AvgIpc) is 3.53. The average molecular weight is 521 g/mol. The SMILES string of the molecule is Nc1ccc(CNC(=O)C=CC2Cc3cc(-c4ccc(C(=O)N5CCC(F)C5)cc4)cc(Cl)c3O2)cn1. The quantitative estimate of drug-likeness (QED) is 0.471. The molecule has 37 heavy (non-hydrogen) atoms. The van der Waals surface area contributed by atoms with Crippen LogP contribution in [0, 0.1) is 0 Å². The van der Waals surface area contributed by atoms with Gasteiger partial charge in [-0.15, -0.1) is 0 Å². The summed E-state index contributed by atoms with van der Waals surface area (Å²) in [5.74, 6) is 0.636. The molecule has 3 heterocycles. The molecule has 0 saturated carbocycles. The van der Waals surface area contributed by atoms with E-state index in [1.807, 2.05) is 30.3 Å². The third-order valence-electron chi connectivity index (χ3n) is 6.47. The van der Waals surface area contributed by atoms with Gasteiger partial charge in [-0.05, 0) is 59.5 Å². The van der Waals surface area contributed by atoms with Gasteiger partial charge in [0.1, 0.15) is 23.8 Å². The molecule has 1 fully saturated rings. The van der Waals surface area contributed by atoms with E-state index in [1.165, 1.54) is 6.08 Å². The normalized spacial score (nSPS) is 18.6. The van der Waals surface area contributed by atoms with Gasteiger partial charge < -0.3 is 20.7 Å². The predicted octanol–water partition coefficient (Wildman–Crippen LogP) is 4.34. The third kappa shape index (κ3) is 5.75. The fraction of sp³-hybridized carbons (Fsp3) is 0.250. The summed E-state index contributed by atoms with van der Waals surface area (Å²) >= 11 is 6.52. The van der Waals surface area contributed by atoms with Crippen LogP contribution in [0.25, 0.3) is 11.1 Å². The molecule has 2 aromatic carbocycles. The number of carbonyl (C=O) groups excluding carboxylic acids is 2. The molecule has 3 aromatic rings. The van der Waals surface area contributed by atoms with E-state index in [-0.39, 0.29) is 24.5 Å². The summed E-state index contributed by atoms with van der Waals surface area (Å²) in [5, 5.41) is 3.29. The number of hydrogen-bond acceptors (Lipinski definition) is 5. The Bertz CT molecular complexity index is 1340. The van der Waals surface area contributed by atoms with Gasteiger partial charge in [0.25, 0.3) is 5.91 Å². The van der Waals surface area contributed by atoms with Crippen LogP contribution < -0.4 is 15.8 Å². The molecule has 2 amide bonds. The maximum absolute atomic E-state index is 13.5. The zero-order chi connectivity index (χ0) is 25.9. The van der Waals surface area contributed by atoms with Crippen LogP contribution in [0.2, 0.25) is 5.02 Å². The number of nitrogens with one attached hydrogen (secondary N) is 1. The van der Waals surface area contributed by atoms with Crippen molar-refractivity contribution >= 4 is 29.2 Å². The maximum Gasteiger partial charge on any atom is 0.253 e. The smallest absolute Gasteiger partial charge is 0.253 e. The molecule has 0 bridgehead atoms. The number of rotatable bonds is 6. The molecule has 2 atom stereocenters. The van der Waals surface area contributed by atoms with Gasteiger partial charge in [0.2, 0.25) is 5.91 Å². The molecule has 0 aliphatic carbocycles. The Kier molecular flexibility index (Phi) is 7.10. The van der Waals surface area contributed by atoms with E-state index in [4.69, 9.17) is 22.1 Å². The zero-order valence-corrected chi connectivity index (χ0v) is 20.7. The number of pyridine rings is 1. The standard InChI is InChI=1S/C28H26ClFN4O3/c29-24-13-20(18-2-4-19(5-3-18)28(36)34-10-9-22(30)16-34)11-21-12-23(37-27(21)24)6-8-26(35)33-15-17-1-7-25(31)32-14-17/h1-8,11,13-14,22-23H,9-10,12,15-16H2,(H2,31,32)(H,33,35). The summed E-state index contributed by atoms with van der Waals surface area (Å²) in [7, 11) is 0. The van der Waals surface area contributed by atoms with E-state index in [0.29, 0.717) is 48.1 Å². The van der Waals surface area contributed by atoms with Crippen LogP contribution in [0.4, 0.5) is 10.2 Å². The van der Waals surface area contributed by atoms with Crippen LogP contribution >= 0.6 is 11.6 Å². The van der Waals surface area contributed by atoms with Gasteiger partial charge in [-0.3, -0.25) is 9.59 Å². The first-order valence-corrected chi connectivity index (χ1v) is 12.4. The Labute approximate surface area is 219 Å². The Balaban J connectivity index is 1.21. The van der Waals surface area contributed by atoms with Crippen molar-refractivity contribution in [2.75, 3.05) is 18.8 Å². The second kappa shape index (κ2) is 10.6. The van der Waals surface area contributed by atoms with Crippen LogP contribution in [-0.2, 0) is 17.8 Å². The van der Waals surface area contributed by atoms with E-state index in [0.717, 1.165) is 22.3 Å². The number of hydrogen-bond donors (Lipinski definition) is 2. The van der Waals surface area contributed by atoms with Crippen LogP contribution in [0.5, 0.6) is 5.75 Å². The van der Waals surface area contributed by atoms with Crippen molar-refractivity contribution in [1.29, 1.82) is 0 Å². The lowest BCUT2D eigenvalue weighted by atomic mass is 9.99. The molecule has 3 N–H and O–H groups in total.